The predicted octanol–water partition coefficient (Wildman–Crippen LogP) is 4.66. The van der Waals surface area contributed by atoms with Gasteiger partial charge in [-0.15, -0.1) is 0 Å². The van der Waals surface area contributed by atoms with Gasteiger partial charge in [0.1, 0.15) is 5.82 Å². The van der Waals surface area contributed by atoms with E-state index in [-0.39, 0.29) is 11.9 Å². The zero-order valence-corrected chi connectivity index (χ0v) is 12.1. The van der Waals surface area contributed by atoms with Crippen molar-refractivity contribution in [3.8, 4) is 0 Å². The van der Waals surface area contributed by atoms with Gasteiger partial charge in [0.05, 0.1) is 0 Å². The monoisotopic (exact) mass is 251 g/mol. The van der Waals surface area contributed by atoms with Gasteiger partial charge >= 0.3 is 0 Å². The molecule has 0 aliphatic rings. The summed E-state index contributed by atoms with van der Waals surface area (Å²) >= 11 is 0. The molecule has 2 heteroatoms. The summed E-state index contributed by atoms with van der Waals surface area (Å²) in [6, 6.07) is 3.21. The van der Waals surface area contributed by atoms with E-state index in [9.17, 15) is 4.39 Å². The van der Waals surface area contributed by atoms with Crippen molar-refractivity contribution in [2.75, 3.05) is 0 Å². The number of benzene rings is 1. The van der Waals surface area contributed by atoms with Crippen LogP contribution in [-0.4, -0.2) is 0 Å². The van der Waals surface area contributed by atoms with Gasteiger partial charge in [-0.2, -0.15) is 0 Å². The zero-order valence-electron chi connectivity index (χ0n) is 12.1. The lowest BCUT2D eigenvalue weighted by Gasteiger charge is -2.26. The lowest BCUT2D eigenvalue weighted by Crippen LogP contribution is -2.23. The average Bonchev–Trinajstić information content (AvgIpc) is 2.28. The molecule has 102 valence electrons. The predicted molar refractivity (Wildman–Crippen MR) is 76.1 cm³/mol. The Hall–Kier alpha value is -0.890. The molecule has 0 spiro atoms. The van der Waals surface area contributed by atoms with Crippen LogP contribution >= 0.6 is 0 Å². The van der Waals surface area contributed by atoms with Crippen molar-refractivity contribution in [3.63, 3.8) is 0 Å². The minimum atomic E-state index is -0.164. The molecule has 0 fully saturated rings. The molecule has 0 radical (unpaired) electrons. The minimum Gasteiger partial charge on any atom is -0.324 e. The van der Waals surface area contributed by atoms with Gasteiger partial charge in [0.2, 0.25) is 0 Å². The molecule has 2 atom stereocenters. The van der Waals surface area contributed by atoms with Gasteiger partial charge in [-0.05, 0) is 55.0 Å². The molecule has 18 heavy (non-hydrogen) atoms. The molecular weight excluding hydrogens is 225 g/mol. The number of hydrogen-bond acceptors (Lipinski definition) is 1. The molecule has 1 rings (SSSR count). The third-order valence-corrected chi connectivity index (χ3v) is 3.85. The molecule has 1 aromatic rings. The summed E-state index contributed by atoms with van der Waals surface area (Å²) < 4.78 is 13.3. The smallest absolute Gasteiger partial charge is 0.123 e. The number of nitrogens with two attached hydrogens (primary N) is 1. The molecule has 0 aromatic heterocycles. The summed E-state index contributed by atoms with van der Waals surface area (Å²) in [4.78, 5) is 0. The fourth-order valence-corrected chi connectivity index (χ4v) is 2.79. The molecule has 0 saturated carbocycles. The maximum absolute atomic E-state index is 13.3. The Morgan fingerprint density at radius 1 is 1.17 bits per heavy atom. The first kappa shape index (κ1) is 15.2. The maximum Gasteiger partial charge on any atom is 0.123 e. The Morgan fingerprint density at radius 2 is 1.72 bits per heavy atom. The normalized spacial score (nSPS) is 14.6. The van der Waals surface area contributed by atoms with Gasteiger partial charge in [0, 0.05) is 6.04 Å². The van der Waals surface area contributed by atoms with E-state index in [4.69, 9.17) is 5.73 Å². The van der Waals surface area contributed by atoms with Gasteiger partial charge in [-0.25, -0.2) is 4.39 Å². The Kier molecular flexibility index (Phi) is 5.80. The Morgan fingerprint density at radius 3 is 2.17 bits per heavy atom. The van der Waals surface area contributed by atoms with Crippen LogP contribution in [0, 0.1) is 25.6 Å². The summed E-state index contributed by atoms with van der Waals surface area (Å²) in [5.74, 6) is 0.329. The van der Waals surface area contributed by atoms with Gasteiger partial charge < -0.3 is 5.73 Å². The van der Waals surface area contributed by atoms with Crippen molar-refractivity contribution in [3.05, 3.63) is 34.6 Å². The fourth-order valence-electron chi connectivity index (χ4n) is 2.79. The quantitative estimate of drug-likeness (QED) is 0.782. The Labute approximate surface area is 111 Å². The van der Waals surface area contributed by atoms with E-state index in [0.29, 0.717) is 5.92 Å². The molecule has 2 unspecified atom stereocenters. The van der Waals surface area contributed by atoms with Crippen LogP contribution in [0.25, 0.3) is 0 Å². The largest absolute Gasteiger partial charge is 0.324 e. The molecule has 0 saturated heterocycles. The van der Waals surface area contributed by atoms with Crippen LogP contribution in [0.2, 0.25) is 0 Å². The SMILES string of the molecule is CCCCC(CC)C(N)c1c(C)cc(F)cc1C. The first-order chi connectivity index (χ1) is 8.51. The van der Waals surface area contributed by atoms with E-state index in [1.165, 1.54) is 12.8 Å². The summed E-state index contributed by atoms with van der Waals surface area (Å²) in [6.45, 7) is 8.30. The highest BCUT2D eigenvalue weighted by atomic mass is 19.1. The zero-order chi connectivity index (χ0) is 13.7. The van der Waals surface area contributed by atoms with E-state index >= 15 is 0 Å². The maximum atomic E-state index is 13.3. The summed E-state index contributed by atoms with van der Waals surface area (Å²) in [6.07, 6.45) is 4.65. The van der Waals surface area contributed by atoms with Crippen LogP contribution in [-0.2, 0) is 0 Å². The number of aryl methyl sites for hydroxylation is 2. The molecule has 1 aromatic carbocycles. The van der Waals surface area contributed by atoms with Crippen molar-refractivity contribution in [2.24, 2.45) is 11.7 Å². The highest BCUT2D eigenvalue weighted by Gasteiger charge is 2.21. The van der Waals surface area contributed by atoms with Crippen molar-refractivity contribution in [1.29, 1.82) is 0 Å². The number of hydrogen-bond donors (Lipinski definition) is 1. The van der Waals surface area contributed by atoms with Crippen molar-refractivity contribution < 1.29 is 4.39 Å². The van der Waals surface area contributed by atoms with Crippen molar-refractivity contribution >= 4 is 0 Å². The lowest BCUT2D eigenvalue weighted by atomic mass is 9.84. The molecule has 0 aliphatic carbocycles. The molecule has 0 heterocycles. The van der Waals surface area contributed by atoms with E-state index in [2.05, 4.69) is 13.8 Å². The van der Waals surface area contributed by atoms with E-state index < -0.39 is 0 Å². The van der Waals surface area contributed by atoms with E-state index in [0.717, 1.165) is 29.5 Å². The van der Waals surface area contributed by atoms with Crippen LogP contribution in [0.1, 0.15) is 62.3 Å². The molecule has 1 nitrogen and oxygen atoms in total. The van der Waals surface area contributed by atoms with Crippen LogP contribution in [0.4, 0.5) is 4.39 Å². The Balaban J connectivity index is 2.97. The number of halogens is 1. The minimum absolute atomic E-state index is 0.0298. The van der Waals surface area contributed by atoms with E-state index in [1.54, 1.807) is 12.1 Å². The van der Waals surface area contributed by atoms with Crippen molar-refractivity contribution in [1.82, 2.24) is 0 Å². The number of unbranched alkanes of at least 4 members (excludes halogenated alkanes) is 1. The second kappa shape index (κ2) is 6.89. The average molecular weight is 251 g/mol. The second-order valence-corrected chi connectivity index (χ2v) is 5.29. The van der Waals surface area contributed by atoms with Crippen LogP contribution in [0.15, 0.2) is 12.1 Å². The fraction of sp³-hybridized carbons (Fsp3) is 0.625. The summed E-state index contributed by atoms with van der Waals surface area (Å²) in [5, 5.41) is 0. The second-order valence-electron chi connectivity index (χ2n) is 5.29. The molecule has 0 bridgehead atoms. The topological polar surface area (TPSA) is 26.0 Å². The highest BCUT2D eigenvalue weighted by molar-refractivity contribution is 5.37. The van der Waals surface area contributed by atoms with E-state index in [1.807, 2.05) is 13.8 Å². The van der Waals surface area contributed by atoms with Gasteiger partial charge in [0.15, 0.2) is 0 Å². The first-order valence-corrected chi connectivity index (χ1v) is 7.03. The van der Waals surface area contributed by atoms with Gasteiger partial charge in [-0.3, -0.25) is 0 Å². The van der Waals surface area contributed by atoms with Crippen LogP contribution in [0.3, 0.4) is 0 Å². The number of rotatable bonds is 6. The molecule has 0 aliphatic heterocycles. The van der Waals surface area contributed by atoms with Gasteiger partial charge in [0.25, 0.3) is 0 Å². The van der Waals surface area contributed by atoms with Crippen LogP contribution in [0.5, 0.6) is 0 Å². The summed E-state index contributed by atoms with van der Waals surface area (Å²) in [5.41, 5.74) is 9.52. The highest BCUT2D eigenvalue weighted by Crippen LogP contribution is 2.31. The first-order valence-electron chi connectivity index (χ1n) is 7.03. The van der Waals surface area contributed by atoms with Gasteiger partial charge in [-0.1, -0.05) is 33.1 Å². The Bertz CT molecular complexity index is 364. The summed E-state index contributed by atoms with van der Waals surface area (Å²) in [7, 11) is 0. The van der Waals surface area contributed by atoms with Crippen molar-refractivity contribution in [2.45, 2.75) is 59.4 Å². The molecule has 2 N–H and O–H groups in total. The standard InChI is InChI=1S/C16H26FN/c1-5-7-8-13(6-2)16(18)15-11(3)9-14(17)10-12(15)4/h9-10,13,16H,5-8,18H2,1-4H3. The molecule has 0 amide bonds. The lowest BCUT2D eigenvalue weighted by molar-refractivity contribution is 0.376. The third kappa shape index (κ3) is 3.55. The molecular formula is C16H26FN. The third-order valence-electron chi connectivity index (χ3n) is 3.85. The van der Waals surface area contributed by atoms with Crippen LogP contribution < -0.4 is 5.73 Å².